The van der Waals surface area contributed by atoms with Crippen LogP contribution in [0.4, 0.5) is 0 Å². The van der Waals surface area contributed by atoms with Crippen LogP contribution in [0.5, 0.6) is 0 Å². The largest absolute Gasteiger partial charge is 0.343 e. The van der Waals surface area contributed by atoms with Gasteiger partial charge in [0.25, 0.3) is 5.91 Å². The number of carbonyl (C=O) groups is 2. The molecule has 7 heteroatoms. The van der Waals surface area contributed by atoms with Crippen LogP contribution in [0.15, 0.2) is 30.3 Å². The van der Waals surface area contributed by atoms with Crippen LogP contribution in [0.25, 0.3) is 0 Å². The molecular weight excluding hydrogens is 292 g/mol. The van der Waals surface area contributed by atoms with E-state index in [0.717, 1.165) is 0 Å². The van der Waals surface area contributed by atoms with Crippen LogP contribution >= 0.6 is 0 Å². The average molecular weight is 308 g/mol. The third-order valence-corrected chi connectivity index (χ3v) is 6.27. The van der Waals surface area contributed by atoms with Crippen molar-refractivity contribution in [3.8, 4) is 0 Å². The number of fused-ring (bicyclic) bond motifs is 2. The number of nitrogens with one attached hydrogen (secondary N) is 1. The summed E-state index contributed by atoms with van der Waals surface area (Å²) in [5, 5.41) is 2.16. The number of hydrogen-bond donors (Lipinski definition) is 1. The predicted octanol–water partition coefficient (Wildman–Crippen LogP) is -0.186. The molecule has 1 N–H and O–H groups in total. The molecule has 0 aliphatic carbocycles. The number of nitrogens with zero attached hydrogens (tertiary/aromatic N) is 1. The zero-order valence-electron chi connectivity index (χ0n) is 11.4. The van der Waals surface area contributed by atoms with Gasteiger partial charge in [-0.25, -0.2) is 8.42 Å². The molecule has 2 bridgehead atoms. The fourth-order valence-electron chi connectivity index (χ4n) is 2.95. The van der Waals surface area contributed by atoms with E-state index in [1.807, 2.05) is 6.07 Å². The van der Waals surface area contributed by atoms with Gasteiger partial charge in [-0.3, -0.25) is 9.59 Å². The second-order valence-electron chi connectivity index (χ2n) is 5.44. The highest BCUT2D eigenvalue weighted by atomic mass is 32.2. The Hall–Kier alpha value is -1.89. The highest BCUT2D eigenvalue weighted by Gasteiger charge is 2.49. The summed E-state index contributed by atoms with van der Waals surface area (Å²) in [6.45, 7) is 0.157. The number of sulfone groups is 1. The van der Waals surface area contributed by atoms with E-state index in [-0.39, 0.29) is 36.7 Å². The summed E-state index contributed by atoms with van der Waals surface area (Å²) in [5.74, 6) is -0.474. The van der Waals surface area contributed by atoms with E-state index in [0.29, 0.717) is 12.0 Å². The Morgan fingerprint density at radius 1 is 1.24 bits per heavy atom. The number of likely N-dealkylation sites (tertiary alicyclic amines) is 1. The van der Waals surface area contributed by atoms with E-state index in [2.05, 4.69) is 5.32 Å². The molecule has 2 heterocycles. The Kier molecular flexibility index (Phi) is 3.44. The quantitative estimate of drug-likeness (QED) is 0.839. The van der Waals surface area contributed by atoms with Crippen molar-refractivity contribution < 1.29 is 18.0 Å². The number of benzene rings is 1. The summed E-state index contributed by atoms with van der Waals surface area (Å²) in [7, 11) is -3.01. The van der Waals surface area contributed by atoms with Crippen LogP contribution in [0, 0.1) is 0 Å². The smallest absolute Gasteiger partial charge is 0.251 e. The standard InChI is InChI=1S/C14H16N2O4S/c17-13(7-15-14(18)10-4-2-1-3-5-10)16-8-12-6-11(16)9-21(12,19)20/h1-5,11-12H,6-9H2,(H,15,18). The van der Waals surface area contributed by atoms with Crippen LogP contribution in [-0.4, -0.2) is 55.3 Å². The van der Waals surface area contributed by atoms with Crippen LogP contribution in [-0.2, 0) is 14.6 Å². The third-order valence-electron chi connectivity index (χ3n) is 4.07. The van der Waals surface area contributed by atoms with E-state index in [4.69, 9.17) is 0 Å². The highest BCUT2D eigenvalue weighted by molar-refractivity contribution is 7.92. The van der Waals surface area contributed by atoms with Crippen LogP contribution in [0.1, 0.15) is 16.8 Å². The summed E-state index contributed by atoms with van der Waals surface area (Å²) in [4.78, 5) is 25.5. The molecule has 2 aliphatic rings. The average Bonchev–Trinajstić information content (AvgIpc) is 3.01. The Morgan fingerprint density at radius 3 is 2.52 bits per heavy atom. The Balaban J connectivity index is 1.56. The summed E-state index contributed by atoms with van der Waals surface area (Å²) in [5.41, 5.74) is 0.496. The molecule has 2 saturated heterocycles. The van der Waals surface area contributed by atoms with Crippen LogP contribution < -0.4 is 5.32 Å². The second kappa shape index (κ2) is 5.14. The minimum Gasteiger partial charge on any atom is -0.343 e. The molecule has 112 valence electrons. The molecule has 6 nitrogen and oxygen atoms in total. The zero-order chi connectivity index (χ0) is 15.0. The SMILES string of the molecule is O=C(NCC(=O)N1CC2CC1CS2(=O)=O)c1ccccc1. The van der Waals surface area contributed by atoms with Crippen molar-refractivity contribution in [3.05, 3.63) is 35.9 Å². The first-order valence-corrected chi connectivity index (χ1v) is 8.53. The molecular formula is C14H16N2O4S. The first-order valence-electron chi connectivity index (χ1n) is 6.81. The molecule has 3 rings (SSSR count). The van der Waals surface area contributed by atoms with Gasteiger partial charge in [-0.05, 0) is 18.6 Å². The fourth-order valence-corrected chi connectivity index (χ4v) is 4.98. The molecule has 0 spiro atoms. The number of carbonyl (C=O) groups excluding carboxylic acids is 2. The Bertz CT molecular complexity index is 671. The lowest BCUT2D eigenvalue weighted by Crippen LogP contribution is -2.47. The van der Waals surface area contributed by atoms with Gasteiger partial charge in [0.05, 0.1) is 17.5 Å². The highest BCUT2D eigenvalue weighted by Crippen LogP contribution is 2.32. The van der Waals surface area contributed by atoms with E-state index in [1.54, 1.807) is 29.2 Å². The first-order chi connectivity index (χ1) is 9.97. The van der Waals surface area contributed by atoms with E-state index < -0.39 is 15.1 Å². The molecule has 0 saturated carbocycles. The van der Waals surface area contributed by atoms with E-state index in [1.165, 1.54) is 0 Å². The molecule has 2 fully saturated rings. The molecule has 2 atom stereocenters. The molecule has 21 heavy (non-hydrogen) atoms. The molecule has 2 unspecified atom stereocenters. The lowest BCUT2D eigenvalue weighted by Gasteiger charge is -2.26. The molecule has 0 aromatic heterocycles. The molecule has 0 radical (unpaired) electrons. The lowest BCUT2D eigenvalue weighted by atomic mass is 10.2. The predicted molar refractivity (Wildman–Crippen MR) is 76.5 cm³/mol. The number of hydrogen-bond acceptors (Lipinski definition) is 4. The van der Waals surface area contributed by atoms with Crippen LogP contribution in [0.3, 0.4) is 0 Å². The van der Waals surface area contributed by atoms with Crippen LogP contribution in [0.2, 0.25) is 0 Å². The van der Waals surface area contributed by atoms with Gasteiger partial charge >= 0.3 is 0 Å². The van der Waals surface area contributed by atoms with Gasteiger partial charge in [-0.2, -0.15) is 0 Å². The summed E-state index contributed by atoms with van der Waals surface area (Å²) < 4.78 is 23.3. The normalized spacial score (nSPS) is 25.8. The maximum Gasteiger partial charge on any atom is 0.251 e. The van der Waals surface area contributed by atoms with Crippen molar-refractivity contribution in [1.29, 1.82) is 0 Å². The van der Waals surface area contributed by atoms with E-state index in [9.17, 15) is 18.0 Å². The topological polar surface area (TPSA) is 83.6 Å². The van der Waals surface area contributed by atoms with Gasteiger partial charge in [0.1, 0.15) is 0 Å². The monoisotopic (exact) mass is 308 g/mol. The maximum absolute atomic E-state index is 12.1. The van der Waals surface area contributed by atoms with Crippen molar-refractivity contribution in [2.24, 2.45) is 0 Å². The Labute approximate surface area is 123 Å². The van der Waals surface area contributed by atoms with Gasteiger partial charge in [-0.15, -0.1) is 0 Å². The van der Waals surface area contributed by atoms with E-state index >= 15 is 0 Å². The second-order valence-corrected chi connectivity index (χ2v) is 7.76. The number of amides is 2. The fraction of sp³-hybridized carbons (Fsp3) is 0.429. The lowest BCUT2D eigenvalue weighted by molar-refractivity contribution is -0.130. The minimum absolute atomic E-state index is 0.0516. The Morgan fingerprint density at radius 2 is 1.95 bits per heavy atom. The number of rotatable bonds is 3. The molecule has 1 aromatic carbocycles. The molecule has 1 aromatic rings. The van der Waals surface area contributed by atoms with Gasteiger partial charge in [0, 0.05) is 18.2 Å². The van der Waals surface area contributed by atoms with Crippen molar-refractivity contribution in [3.63, 3.8) is 0 Å². The van der Waals surface area contributed by atoms with Gasteiger partial charge in [-0.1, -0.05) is 18.2 Å². The van der Waals surface area contributed by atoms with Gasteiger partial charge in [0.2, 0.25) is 5.91 Å². The molecule has 2 aliphatic heterocycles. The van der Waals surface area contributed by atoms with Crippen molar-refractivity contribution in [1.82, 2.24) is 10.2 Å². The maximum atomic E-state index is 12.1. The summed E-state index contributed by atoms with van der Waals surface area (Å²) in [6.07, 6.45) is 0.528. The van der Waals surface area contributed by atoms with Crippen molar-refractivity contribution in [2.45, 2.75) is 17.7 Å². The minimum atomic E-state index is -3.01. The summed E-state index contributed by atoms with van der Waals surface area (Å²) in [6, 6.07) is 8.43. The van der Waals surface area contributed by atoms with Crippen molar-refractivity contribution in [2.75, 3.05) is 18.8 Å². The zero-order valence-corrected chi connectivity index (χ0v) is 12.2. The van der Waals surface area contributed by atoms with Crippen molar-refractivity contribution >= 4 is 21.7 Å². The first kappa shape index (κ1) is 14.1. The van der Waals surface area contributed by atoms with Gasteiger partial charge in [0.15, 0.2) is 9.84 Å². The third kappa shape index (κ3) is 2.65. The van der Waals surface area contributed by atoms with Gasteiger partial charge < -0.3 is 10.2 Å². The summed E-state index contributed by atoms with van der Waals surface area (Å²) >= 11 is 0. The molecule has 2 amide bonds.